The van der Waals surface area contributed by atoms with E-state index in [2.05, 4.69) is 0 Å². The second-order valence-corrected chi connectivity index (χ2v) is 12.2. The molecule has 0 unspecified atom stereocenters. The number of hydrogen-bond acceptors (Lipinski definition) is 2. The van der Waals surface area contributed by atoms with Crippen LogP contribution in [0.2, 0.25) is 40.2 Å². The first-order valence-corrected chi connectivity index (χ1v) is 14.1. The molecule has 0 aliphatic carbocycles. The van der Waals surface area contributed by atoms with Gasteiger partial charge in [0, 0.05) is 32.3 Å². The SMILES string of the molecule is O=S(=O)(c1cc(Cl)c(Cl)c(-c2ccccc2Cl)c1Cl)c1cc(Cl)c(Cl)c(-c2ccccc2Cl)c1Cl. The summed E-state index contributed by atoms with van der Waals surface area (Å²) in [5.41, 5.74) is 1.13. The summed E-state index contributed by atoms with van der Waals surface area (Å²) in [7, 11) is -4.40. The molecule has 0 saturated heterocycles. The normalized spacial score (nSPS) is 11.7. The average molecular weight is 646 g/mol. The third-order valence-corrected chi connectivity index (χ3v) is 10.2. The van der Waals surface area contributed by atoms with Crippen LogP contribution in [0.25, 0.3) is 22.3 Å². The second-order valence-electron chi connectivity index (χ2n) is 7.18. The smallest absolute Gasteiger partial charge is 0.209 e. The highest BCUT2D eigenvalue weighted by Crippen LogP contribution is 2.49. The fourth-order valence-corrected chi connectivity index (χ4v) is 7.64. The fraction of sp³-hybridized carbons (Fsp3) is 0. The Morgan fingerprint density at radius 3 is 1.14 bits per heavy atom. The maximum Gasteiger partial charge on any atom is 0.209 e. The zero-order valence-electron chi connectivity index (χ0n) is 17.0. The minimum absolute atomic E-state index is 0.0423. The molecular weight excluding hydrogens is 636 g/mol. The summed E-state index contributed by atoms with van der Waals surface area (Å²) >= 11 is 51.4. The lowest BCUT2D eigenvalue weighted by atomic mass is 10.1. The minimum Gasteiger partial charge on any atom is -0.218 e. The van der Waals surface area contributed by atoms with Crippen molar-refractivity contribution in [3.63, 3.8) is 0 Å². The van der Waals surface area contributed by atoms with Crippen LogP contribution in [-0.4, -0.2) is 8.42 Å². The van der Waals surface area contributed by atoms with E-state index < -0.39 is 9.84 Å². The van der Waals surface area contributed by atoms with Crippen LogP contribution in [0.1, 0.15) is 0 Å². The van der Waals surface area contributed by atoms with Crippen molar-refractivity contribution in [2.24, 2.45) is 0 Å². The largest absolute Gasteiger partial charge is 0.218 e. The van der Waals surface area contributed by atoms with Gasteiger partial charge in [0.15, 0.2) is 0 Å². The summed E-state index contributed by atoms with van der Waals surface area (Å²) in [6, 6.07) is 15.6. The van der Waals surface area contributed by atoms with E-state index in [9.17, 15) is 8.42 Å². The highest BCUT2D eigenvalue weighted by atomic mass is 35.5. The molecule has 11 heteroatoms. The van der Waals surface area contributed by atoms with Crippen molar-refractivity contribution in [1.82, 2.24) is 0 Å². The van der Waals surface area contributed by atoms with E-state index in [-0.39, 0.29) is 51.1 Å². The monoisotopic (exact) mass is 642 g/mol. The molecule has 0 fully saturated rings. The van der Waals surface area contributed by atoms with Gasteiger partial charge in [-0.05, 0) is 24.3 Å². The van der Waals surface area contributed by atoms with Crippen molar-refractivity contribution in [3.8, 4) is 22.3 Å². The van der Waals surface area contributed by atoms with Gasteiger partial charge in [-0.25, -0.2) is 8.42 Å². The van der Waals surface area contributed by atoms with Crippen molar-refractivity contribution in [3.05, 3.63) is 101 Å². The van der Waals surface area contributed by atoms with Crippen molar-refractivity contribution in [2.45, 2.75) is 9.79 Å². The standard InChI is InChI=1S/C24H10Cl8O2S/c25-13-7-3-1-5-11(13)19-21(29)15(27)9-17(23(19)31)35(33,34)18-10-16(28)22(30)20(24(18)32)12-6-2-4-8-14(12)26/h1-10H. The Balaban J connectivity index is 2.04. The average Bonchev–Trinajstić information content (AvgIpc) is 2.81. The molecule has 180 valence electrons. The Kier molecular flexibility index (Phi) is 8.15. The van der Waals surface area contributed by atoms with Crippen molar-refractivity contribution in [2.75, 3.05) is 0 Å². The van der Waals surface area contributed by atoms with Crippen molar-refractivity contribution >= 4 is 103 Å². The Labute approximate surface area is 242 Å². The molecule has 4 aromatic carbocycles. The summed E-state index contributed by atoms with van der Waals surface area (Å²) in [5.74, 6) is 0. The first-order valence-electron chi connectivity index (χ1n) is 9.56. The summed E-state index contributed by atoms with van der Waals surface area (Å²) in [4.78, 5) is -0.678. The van der Waals surface area contributed by atoms with Crippen LogP contribution in [0.5, 0.6) is 0 Å². The molecular formula is C24H10Cl8O2S. The molecule has 0 N–H and O–H groups in total. The van der Waals surface area contributed by atoms with Crippen LogP contribution in [0.15, 0.2) is 70.5 Å². The fourth-order valence-electron chi connectivity index (χ4n) is 3.47. The summed E-state index contributed by atoms with van der Waals surface area (Å²) in [6.45, 7) is 0. The summed E-state index contributed by atoms with van der Waals surface area (Å²) < 4.78 is 27.8. The first kappa shape index (κ1) is 27.2. The van der Waals surface area contributed by atoms with Gasteiger partial charge in [0.05, 0.1) is 39.9 Å². The molecule has 0 bridgehead atoms. The number of halogens is 8. The Bertz CT molecular complexity index is 1490. The maximum absolute atomic E-state index is 13.9. The Morgan fingerprint density at radius 2 is 0.800 bits per heavy atom. The third-order valence-electron chi connectivity index (χ3n) is 5.11. The van der Waals surface area contributed by atoms with Gasteiger partial charge in [-0.2, -0.15) is 0 Å². The zero-order valence-corrected chi connectivity index (χ0v) is 23.9. The first-order chi connectivity index (χ1) is 16.5. The summed E-state index contributed by atoms with van der Waals surface area (Å²) in [6.07, 6.45) is 0. The minimum atomic E-state index is -4.40. The van der Waals surface area contributed by atoms with E-state index >= 15 is 0 Å². The van der Waals surface area contributed by atoms with Gasteiger partial charge in [0.2, 0.25) is 9.84 Å². The number of sulfone groups is 1. The van der Waals surface area contributed by atoms with E-state index in [0.717, 1.165) is 12.1 Å². The van der Waals surface area contributed by atoms with Gasteiger partial charge in [0.25, 0.3) is 0 Å². The Hall–Kier alpha value is -0.850. The third kappa shape index (κ3) is 4.88. The van der Waals surface area contributed by atoms with Crippen molar-refractivity contribution < 1.29 is 8.42 Å². The predicted molar refractivity (Wildman–Crippen MR) is 149 cm³/mol. The molecule has 0 saturated carbocycles. The summed E-state index contributed by atoms with van der Waals surface area (Å²) in [5, 5.41) is 0.217. The molecule has 0 atom stereocenters. The van der Waals surface area contributed by atoms with E-state index in [0.29, 0.717) is 21.2 Å². The van der Waals surface area contributed by atoms with Crippen LogP contribution in [-0.2, 0) is 9.84 Å². The van der Waals surface area contributed by atoms with Gasteiger partial charge >= 0.3 is 0 Å². The molecule has 0 heterocycles. The van der Waals surface area contributed by atoms with E-state index in [1.54, 1.807) is 48.5 Å². The number of benzene rings is 4. The van der Waals surface area contributed by atoms with Crippen LogP contribution < -0.4 is 0 Å². The van der Waals surface area contributed by atoms with Crippen LogP contribution in [0.4, 0.5) is 0 Å². The maximum atomic E-state index is 13.9. The van der Waals surface area contributed by atoms with Gasteiger partial charge in [-0.3, -0.25) is 0 Å². The van der Waals surface area contributed by atoms with Gasteiger partial charge in [-0.1, -0.05) is 129 Å². The lowest BCUT2D eigenvalue weighted by Gasteiger charge is -2.18. The van der Waals surface area contributed by atoms with Crippen LogP contribution >= 0.6 is 92.8 Å². The Morgan fingerprint density at radius 1 is 0.457 bits per heavy atom. The van der Waals surface area contributed by atoms with E-state index in [4.69, 9.17) is 92.8 Å². The van der Waals surface area contributed by atoms with Crippen molar-refractivity contribution in [1.29, 1.82) is 0 Å². The van der Waals surface area contributed by atoms with Gasteiger partial charge in [0.1, 0.15) is 0 Å². The molecule has 4 rings (SSSR count). The van der Waals surface area contributed by atoms with E-state index in [1.165, 1.54) is 0 Å². The molecule has 0 aliphatic heterocycles. The molecule has 2 nitrogen and oxygen atoms in total. The molecule has 0 spiro atoms. The zero-order chi connectivity index (χ0) is 25.7. The molecule has 0 aliphatic rings. The molecule has 35 heavy (non-hydrogen) atoms. The van der Waals surface area contributed by atoms with Crippen LogP contribution in [0.3, 0.4) is 0 Å². The molecule has 4 aromatic rings. The molecule has 0 radical (unpaired) electrons. The number of rotatable bonds is 4. The lowest BCUT2D eigenvalue weighted by Crippen LogP contribution is -2.06. The predicted octanol–water partition coefficient (Wildman–Crippen LogP) is 11.1. The molecule has 0 aromatic heterocycles. The second kappa shape index (κ2) is 10.5. The quantitative estimate of drug-likeness (QED) is 0.207. The van der Waals surface area contributed by atoms with Gasteiger partial charge in [-0.15, -0.1) is 0 Å². The topological polar surface area (TPSA) is 34.1 Å². The van der Waals surface area contributed by atoms with Crippen LogP contribution in [0, 0.1) is 0 Å². The highest BCUT2D eigenvalue weighted by Gasteiger charge is 2.31. The lowest BCUT2D eigenvalue weighted by molar-refractivity contribution is 0.596. The van der Waals surface area contributed by atoms with E-state index in [1.807, 2.05) is 0 Å². The highest BCUT2D eigenvalue weighted by molar-refractivity contribution is 7.91. The number of hydrogen-bond donors (Lipinski definition) is 0. The van der Waals surface area contributed by atoms with Gasteiger partial charge < -0.3 is 0 Å². The molecule has 0 amide bonds.